The lowest BCUT2D eigenvalue weighted by molar-refractivity contribution is -0.757. The molecule has 0 aromatic heterocycles. The Labute approximate surface area is 269 Å². The van der Waals surface area contributed by atoms with Gasteiger partial charge in [-0.15, -0.1) is 10.1 Å². The molecule has 3 fully saturated rings. The number of allylic oxidation sites excluding steroid dienone is 4. The zero-order chi connectivity index (χ0) is 34.9. The number of halogens is 1. The van der Waals surface area contributed by atoms with E-state index in [4.69, 9.17) is 9.47 Å². The summed E-state index contributed by atoms with van der Waals surface area (Å²) in [5, 5.41) is 45.8. The third-order valence-electron chi connectivity index (χ3n) is 10.7. The van der Waals surface area contributed by atoms with Crippen LogP contribution in [0.25, 0.3) is 0 Å². The second-order valence-electron chi connectivity index (χ2n) is 13.3. The lowest BCUT2D eigenvalue weighted by Gasteiger charge is -2.62. The number of carbonyl (C=O) groups is 5. The van der Waals surface area contributed by atoms with E-state index in [0.29, 0.717) is 12.0 Å². The molecule has 0 aliphatic heterocycles. The molecule has 0 radical (unpaired) electrons. The standard InChI is InChI=1S/C31H41FN2O13/c1-17(35)33-22(27(41)45-10-4-5-11-47-34(43)44)14-26(40)46-16-25(39)31(42)23(37)13-21-20-7-6-18-12-19(36)8-9-28(18,2)30(20,32)24(38)15-29(21,31)3/h8-9,12,20-24,37-38,42H,4-7,10-11,13-16H2,1-3H3,(H,33,35)/t20-,21-,22?,23-,24-,28-,29-,30-,31-/m0/s1. The maximum absolute atomic E-state index is 17.3. The topological polar surface area (TPSA) is 229 Å². The molecule has 1 amide bonds. The largest absolute Gasteiger partial charge is 0.464 e. The van der Waals surface area contributed by atoms with E-state index in [1.807, 2.05) is 0 Å². The minimum atomic E-state index is -2.52. The van der Waals surface area contributed by atoms with Gasteiger partial charge in [0.15, 0.2) is 23.7 Å². The van der Waals surface area contributed by atoms with Crippen molar-refractivity contribution in [1.29, 1.82) is 0 Å². The number of nitrogens with one attached hydrogen (secondary N) is 1. The Bertz CT molecular complexity index is 1380. The predicted octanol–water partition coefficient (Wildman–Crippen LogP) is 0.598. The van der Waals surface area contributed by atoms with Crippen molar-refractivity contribution in [3.63, 3.8) is 0 Å². The van der Waals surface area contributed by atoms with E-state index in [1.165, 1.54) is 25.2 Å². The van der Waals surface area contributed by atoms with Gasteiger partial charge in [0.05, 0.1) is 31.8 Å². The molecule has 4 rings (SSSR count). The van der Waals surface area contributed by atoms with Crippen LogP contribution in [0.2, 0.25) is 0 Å². The van der Waals surface area contributed by atoms with Crippen LogP contribution in [-0.2, 0) is 38.3 Å². The SMILES string of the molecule is CC(=O)NC(CC(=O)OCC(=O)[C@@]1(O)[C@@H](O)C[C@H]2[C@@H]3CCC4=CC(=O)C=C[C@]4(C)[C@@]3(F)[C@@H](O)C[C@@]21C)C(=O)OCCCCO[N+](=O)[O-]. The average Bonchev–Trinajstić information content (AvgIpc) is 3.19. The Morgan fingerprint density at radius 3 is 2.47 bits per heavy atom. The Morgan fingerprint density at radius 1 is 1.13 bits per heavy atom. The molecule has 0 aromatic carbocycles. The number of ether oxygens (including phenoxy) is 2. The molecule has 0 heterocycles. The lowest BCUT2D eigenvalue weighted by atomic mass is 9.44. The van der Waals surface area contributed by atoms with Crippen LogP contribution in [0, 0.1) is 32.8 Å². The van der Waals surface area contributed by atoms with Gasteiger partial charge in [0.25, 0.3) is 5.09 Å². The number of hydrogen-bond donors (Lipinski definition) is 4. The number of unbranched alkanes of at least 4 members (excludes halogenated alkanes) is 1. The molecule has 9 atom stereocenters. The molecule has 4 aliphatic rings. The number of carbonyl (C=O) groups excluding carboxylic acids is 5. The second kappa shape index (κ2) is 13.4. The van der Waals surface area contributed by atoms with Crippen LogP contribution >= 0.6 is 0 Å². The highest BCUT2D eigenvalue weighted by atomic mass is 19.1. The Hall–Kier alpha value is -3.76. The summed E-state index contributed by atoms with van der Waals surface area (Å²) >= 11 is 0. The molecule has 3 saturated carbocycles. The second-order valence-corrected chi connectivity index (χ2v) is 13.3. The van der Waals surface area contributed by atoms with E-state index in [1.54, 1.807) is 6.92 Å². The third-order valence-corrected chi connectivity index (χ3v) is 10.7. The molecule has 47 heavy (non-hydrogen) atoms. The number of rotatable bonds is 13. The number of nitrogens with zero attached hydrogens (tertiary/aromatic N) is 1. The number of fused-ring (bicyclic) bond motifs is 5. The Kier molecular flexibility index (Phi) is 10.3. The molecule has 16 heteroatoms. The number of aliphatic hydroxyl groups is 3. The van der Waals surface area contributed by atoms with Crippen LogP contribution in [0.4, 0.5) is 4.39 Å². The van der Waals surface area contributed by atoms with Gasteiger partial charge in [0, 0.05) is 23.7 Å². The molecular weight excluding hydrogens is 627 g/mol. The van der Waals surface area contributed by atoms with Crippen molar-refractivity contribution in [3.8, 4) is 0 Å². The molecule has 0 bridgehead atoms. The van der Waals surface area contributed by atoms with Gasteiger partial charge in [-0.1, -0.05) is 18.6 Å². The number of Topliss-reactive ketones (excluding diaryl/α,β-unsaturated/α-hetero) is 1. The molecule has 0 spiro atoms. The molecule has 260 valence electrons. The zero-order valence-electron chi connectivity index (χ0n) is 26.4. The summed E-state index contributed by atoms with van der Waals surface area (Å²) in [6, 6.07) is -1.49. The van der Waals surface area contributed by atoms with Gasteiger partial charge in [-0.3, -0.25) is 19.2 Å². The van der Waals surface area contributed by atoms with Gasteiger partial charge in [-0.2, -0.15) is 0 Å². The number of ketones is 2. The third kappa shape index (κ3) is 6.29. The van der Waals surface area contributed by atoms with Crippen molar-refractivity contribution in [3.05, 3.63) is 33.9 Å². The molecule has 0 saturated heterocycles. The normalized spacial score (nSPS) is 36.1. The summed E-state index contributed by atoms with van der Waals surface area (Å²) in [7, 11) is 0. The summed E-state index contributed by atoms with van der Waals surface area (Å²) in [6.07, 6.45) is 0.363. The first-order valence-corrected chi connectivity index (χ1v) is 15.5. The van der Waals surface area contributed by atoms with E-state index >= 15 is 4.39 Å². The van der Waals surface area contributed by atoms with Gasteiger partial charge in [-0.05, 0) is 63.5 Å². The van der Waals surface area contributed by atoms with E-state index in [2.05, 4.69) is 10.2 Å². The first-order chi connectivity index (χ1) is 21.9. The highest BCUT2D eigenvalue weighted by Gasteiger charge is 2.76. The first kappa shape index (κ1) is 36.1. The fourth-order valence-electron chi connectivity index (χ4n) is 8.27. The average molecular weight is 669 g/mol. The quantitative estimate of drug-likeness (QED) is 0.0913. The monoisotopic (exact) mass is 668 g/mol. The van der Waals surface area contributed by atoms with Crippen LogP contribution in [0.3, 0.4) is 0 Å². The van der Waals surface area contributed by atoms with Crippen molar-refractivity contribution >= 4 is 29.4 Å². The van der Waals surface area contributed by atoms with Crippen LogP contribution in [0.15, 0.2) is 23.8 Å². The van der Waals surface area contributed by atoms with Gasteiger partial charge in [0.1, 0.15) is 6.04 Å². The lowest BCUT2D eigenvalue weighted by Crippen LogP contribution is -2.69. The fraction of sp³-hybridized carbons (Fsp3) is 0.710. The maximum Gasteiger partial charge on any atom is 0.329 e. The van der Waals surface area contributed by atoms with Crippen LogP contribution in [0.5, 0.6) is 0 Å². The summed E-state index contributed by atoms with van der Waals surface area (Å²) in [5.41, 5.74) is -7.06. The summed E-state index contributed by atoms with van der Waals surface area (Å²) in [4.78, 5) is 76.7. The van der Waals surface area contributed by atoms with E-state index in [-0.39, 0.29) is 44.7 Å². The number of amides is 1. The van der Waals surface area contributed by atoms with Gasteiger partial charge in [-0.25, -0.2) is 9.18 Å². The zero-order valence-corrected chi connectivity index (χ0v) is 26.4. The molecule has 1 unspecified atom stereocenters. The maximum atomic E-state index is 17.3. The highest BCUT2D eigenvalue weighted by Crippen LogP contribution is 2.69. The minimum Gasteiger partial charge on any atom is -0.464 e. The van der Waals surface area contributed by atoms with Gasteiger partial charge in [0.2, 0.25) is 11.7 Å². The van der Waals surface area contributed by atoms with Gasteiger partial charge < -0.3 is 34.9 Å². The number of esters is 2. The van der Waals surface area contributed by atoms with Crippen molar-refractivity contribution in [2.45, 2.75) is 95.2 Å². The van der Waals surface area contributed by atoms with E-state index < -0.39 is 100 Å². The smallest absolute Gasteiger partial charge is 0.329 e. The molecule has 0 aromatic rings. The molecule has 4 N–H and O–H groups in total. The van der Waals surface area contributed by atoms with Crippen LogP contribution < -0.4 is 5.32 Å². The van der Waals surface area contributed by atoms with E-state index in [9.17, 15) is 49.4 Å². The van der Waals surface area contributed by atoms with Crippen molar-refractivity contribution in [2.75, 3.05) is 19.8 Å². The Morgan fingerprint density at radius 2 is 1.81 bits per heavy atom. The Balaban J connectivity index is 1.42. The van der Waals surface area contributed by atoms with Crippen LogP contribution in [-0.4, -0.2) is 99.2 Å². The van der Waals surface area contributed by atoms with Crippen molar-refractivity contribution in [1.82, 2.24) is 5.32 Å². The number of hydrogen-bond acceptors (Lipinski definition) is 13. The number of alkyl halides is 1. The summed E-state index contributed by atoms with van der Waals surface area (Å²) < 4.78 is 27.4. The highest BCUT2D eigenvalue weighted by molar-refractivity contribution is 6.01. The van der Waals surface area contributed by atoms with E-state index in [0.717, 1.165) is 6.92 Å². The fourth-order valence-corrected chi connectivity index (χ4v) is 8.27. The molecule has 15 nitrogen and oxygen atoms in total. The molecule has 4 aliphatic carbocycles. The van der Waals surface area contributed by atoms with Gasteiger partial charge >= 0.3 is 11.9 Å². The van der Waals surface area contributed by atoms with Crippen molar-refractivity contribution < 1.29 is 63.1 Å². The first-order valence-electron chi connectivity index (χ1n) is 15.5. The van der Waals surface area contributed by atoms with Crippen LogP contribution in [0.1, 0.15) is 65.7 Å². The minimum absolute atomic E-state index is 0.165. The van der Waals surface area contributed by atoms with Crippen molar-refractivity contribution in [2.24, 2.45) is 22.7 Å². The number of aliphatic hydroxyl groups excluding tert-OH is 2. The summed E-state index contributed by atoms with van der Waals surface area (Å²) in [6.45, 7) is 2.77. The summed E-state index contributed by atoms with van der Waals surface area (Å²) in [5.74, 6) is -5.80. The predicted molar refractivity (Wildman–Crippen MR) is 156 cm³/mol. The molecular formula is C31H41FN2O13.